The van der Waals surface area contributed by atoms with E-state index in [0.717, 1.165) is 43.7 Å². The van der Waals surface area contributed by atoms with Crippen LogP contribution >= 0.6 is 0 Å². The summed E-state index contributed by atoms with van der Waals surface area (Å²) in [5, 5.41) is 5.70. The molecule has 2 aromatic heterocycles. The lowest BCUT2D eigenvalue weighted by molar-refractivity contribution is 1.40. The highest BCUT2D eigenvalue weighted by Gasteiger charge is 2.14. The Morgan fingerprint density at radius 3 is 2.04 bits per heavy atom. The van der Waals surface area contributed by atoms with Gasteiger partial charge in [0, 0.05) is 22.4 Å². The highest BCUT2D eigenvalue weighted by atomic mass is 14.8. The highest BCUT2D eigenvalue weighted by Crippen LogP contribution is 2.36. The van der Waals surface area contributed by atoms with Crippen LogP contribution in [0.4, 0.5) is 0 Å². The fourth-order valence-electron chi connectivity index (χ4n) is 3.90. The Morgan fingerprint density at radius 2 is 1.19 bits per heavy atom. The van der Waals surface area contributed by atoms with E-state index in [0.29, 0.717) is 0 Å². The molecule has 0 radical (unpaired) electrons. The van der Waals surface area contributed by atoms with Crippen molar-refractivity contribution in [3.63, 3.8) is 0 Å². The predicted molar refractivity (Wildman–Crippen MR) is 107 cm³/mol. The summed E-state index contributed by atoms with van der Waals surface area (Å²) in [5.41, 5.74) is 4.65. The van der Waals surface area contributed by atoms with Crippen LogP contribution < -0.4 is 0 Å². The van der Waals surface area contributed by atoms with Gasteiger partial charge in [-0.3, -0.25) is 4.98 Å². The molecule has 0 spiro atoms. The number of hydrogen-bond acceptors (Lipinski definition) is 3. The van der Waals surface area contributed by atoms with Gasteiger partial charge in [-0.1, -0.05) is 48.5 Å². The molecule has 0 aliphatic carbocycles. The van der Waals surface area contributed by atoms with Crippen molar-refractivity contribution >= 4 is 54.5 Å². The van der Waals surface area contributed by atoms with Crippen molar-refractivity contribution in [3.05, 3.63) is 79.0 Å². The van der Waals surface area contributed by atoms with Crippen LogP contribution in [0.1, 0.15) is 0 Å². The quantitative estimate of drug-likeness (QED) is 0.267. The number of pyridine rings is 1. The third-order valence-electron chi connectivity index (χ3n) is 5.05. The summed E-state index contributed by atoms with van der Waals surface area (Å²) in [5.74, 6) is 0. The maximum atomic E-state index is 4.97. The molecule has 0 atom stereocenters. The lowest BCUT2D eigenvalue weighted by Crippen LogP contribution is -1.93. The van der Waals surface area contributed by atoms with Gasteiger partial charge in [0.15, 0.2) is 0 Å². The summed E-state index contributed by atoms with van der Waals surface area (Å²) in [6.07, 6.45) is 1.85. The van der Waals surface area contributed by atoms with Crippen molar-refractivity contribution in [1.29, 1.82) is 0 Å². The van der Waals surface area contributed by atoms with Crippen LogP contribution in [0.15, 0.2) is 79.0 Å². The van der Waals surface area contributed by atoms with Crippen LogP contribution in [-0.2, 0) is 0 Å². The van der Waals surface area contributed by atoms with Gasteiger partial charge >= 0.3 is 0 Å². The second-order valence-electron chi connectivity index (χ2n) is 6.52. The van der Waals surface area contributed by atoms with E-state index in [1.54, 1.807) is 0 Å². The molecular formula is C23H13N3. The summed E-state index contributed by atoms with van der Waals surface area (Å²) < 4.78 is 0. The van der Waals surface area contributed by atoms with Gasteiger partial charge in [-0.15, -0.1) is 0 Å². The van der Waals surface area contributed by atoms with Crippen LogP contribution in [0, 0.1) is 0 Å². The van der Waals surface area contributed by atoms with Crippen molar-refractivity contribution in [2.45, 2.75) is 0 Å². The molecule has 120 valence electrons. The van der Waals surface area contributed by atoms with Crippen molar-refractivity contribution < 1.29 is 0 Å². The van der Waals surface area contributed by atoms with E-state index in [4.69, 9.17) is 15.0 Å². The number of aromatic nitrogens is 3. The summed E-state index contributed by atoms with van der Waals surface area (Å²) in [4.78, 5) is 14.6. The molecule has 0 N–H and O–H groups in total. The van der Waals surface area contributed by atoms with Gasteiger partial charge < -0.3 is 0 Å². The van der Waals surface area contributed by atoms with Crippen LogP contribution in [0.2, 0.25) is 0 Å². The number of nitrogens with zero attached hydrogens (tertiary/aromatic N) is 3. The summed E-state index contributed by atoms with van der Waals surface area (Å²) in [6, 6.07) is 24.8. The molecule has 0 aliphatic heterocycles. The minimum Gasteiger partial charge on any atom is -0.256 e. The lowest BCUT2D eigenvalue weighted by Gasteiger charge is -2.11. The van der Waals surface area contributed by atoms with E-state index in [2.05, 4.69) is 42.5 Å². The maximum Gasteiger partial charge on any atom is 0.0995 e. The van der Waals surface area contributed by atoms with Gasteiger partial charge in [0.05, 0.1) is 27.6 Å². The number of rotatable bonds is 0. The average Bonchev–Trinajstić information content (AvgIpc) is 2.72. The Kier molecular flexibility index (Phi) is 2.61. The molecule has 0 saturated carbocycles. The third-order valence-corrected chi connectivity index (χ3v) is 5.05. The standard InChI is InChI=1S/C23H13N3/c1-2-7-15-14(6-1)11-12-16-20(15)21-17(8-5-13-24-21)23-22(16)25-18-9-3-4-10-19(18)26-23/h1-13H. The first kappa shape index (κ1) is 13.7. The minimum atomic E-state index is 0.908. The Labute approximate surface area is 148 Å². The fourth-order valence-corrected chi connectivity index (χ4v) is 3.90. The van der Waals surface area contributed by atoms with Gasteiger partial charge in [-0.2, -0.15) is 0 Å². The van der Waals surface area contributed by atoms with Crippen molar-refractivity contribution in [3.8, 4) is 0 Å². The van der Waals surface area contributed by atoms with E-state index in [1.165, 1.54) is 10.8 Å². The number of benzene rings is 4. The van der Waals surface area contributed by atoms with Gasteiger partial charge in [0.1, 0.15) is 0 Å². The molecule has 4 aromatic carbocycles. The largest absolute Gasteiger partial charge is 0.256 e. The SMILES string of the molecule is c1ccc2c(c1)ccc1c3nc4ccccc4nc3c3cccnc3c21. The Bertz CT molecular complexity index is 1470. The fraction of sp³-hybridized carbons (Fsp3) is 0. The molecule has 6 aromatic rings. The van der Waals surface area contributed by atoms with Crippen molar-refractivity contribution in [2.24, 2.45) is 0 Å². The Hall–Kier alpha value is -3.59. The molecule has 0 fully saturated rings. The van der Waals surface area contributed by atoms with Crippen molar-refractivity contribution in [1.82, 2.24) is 15.0 Å². The molecule has 0 saturated heterocycles. The molecule has 0 amide bonds. The first-order valence-corrected chi connectivity index (χ1v) is 8.65. The second-order valence-corrected chi connectivity index (χ2v) is 6.52. The summed E-state index contributed by atoms with van der Waals surface area (Å²) in [7, 11) is 0. The van der Waals surface area contributed by atoms with Crippen LogP contribution in [0.5, 0.6) is 0 Å². The van der Waals surface area contributed by atoms with E-state index in [9.17, 15) is 0 Å². The number of para-hydroxylation sites is 2. The highest BCUT2D eigenvalue weighted by molar-refractivity contribution is 6.29. The zero-order valence-electron chi connectivity index (χ0n) is 13.8. The molecule has 3 heteroatoms. The van der Waals surface area contributed by atoms with Gasteiger partial charge in [0.25, 0.3) is 0 Å². The summed E-state index contributed by atoms with van der Waals surface area (Å²) in [6.45, 7) is 0. The van der Waals surface area contributed by atoms with E-state index in [1.807, 2.05) is 36.5 Å². The first-order chi connectivity index (χ1) is 12.9. The molecule has 3 nitrogen and oxygen atoms in total. The monoisotopic (exact) mass is 331 g/mol. The number of fused-ring (bicyclic) bond motifs is 9. The molecule has 6 rings (SSSR count). The van der Waals surface area contributed by atoms with Gasteiger partial charge in [-0.25, -0.2) is 9.97 Å². The van der Waals surface area contributed by atoms with Gasteiger partial charge in [-0.05, 0) is 35.0 Å². The summed E-state index contributed by atoms with van der Waals surface area (Å²) >= 11 is 0. The molecule has 0 aliphatic rings. The smallest absolute Gasteiger partial charge is 0.0995 e. The van der Waals surface area contributed by atoms with Gasteiger partial charge in [0.2, 0.25) is 0 Å². The first-order valence-electron chi connectivity index (χ1n) is 8.65. The number of hydrogen-bond donors (Lipinski definition) is 0. The normalized spacial score (nSPS) is 11.8. The molecule has 0 unspecified atom stereocenters. The molecular weight excluding hydrogens is 318 g/mol. The van der Waals surface area contributed by atoms with Crippen molar-refractivity contribution in [2.75, 3.05) is 0 Å². The van der Waals surface area contributed by atoms with E-state index >= 15 is 0 Å². The molecule has 0 bridgehead atoms. The average molecular weight is 331 g/mol. The van der Waals surface area contributed by atoms with E-state index < -0.39 is 0 Å². The molecule has 2 heterocycles. The lowest BCUT2D eigenvalue weighted by atomic mass is 9.97. The maximum absolute atomic E-state index is 4.97. The Morgan fingerprint density at radius 1 is 0.500 bits per heavy atom. The zero-order chi connectivity index (χ0) is 17.1. The van der Waals surface area contributed by atoms with Crippen LogP contribution in [0.25, 0.3) is 54.5 Å². The van der Waals surface area contributed by atoms with Crippen LogP contribution in [0.3, 0.4) is 0 Å². The molecule has 26 heavy (non-hydrogen) atoms. The minimum absolute atomic E-state index is 0.908. The van der Waals surface area contributed by atoms with E-state index in [-0.39, 0.29) is 0 Å². The van der Waals surface area contributed by atoms with Crippen LogP contribution in [-0.4, -0.2) is 15.0 Å². The zero-order valence-corrected chi connectivity index (χ0v) is 13.8. The second kappa shape index (κ2) is 4.96. The topological polar surface area (TPSA) is 38.7 Å². The predicted octanol–water partition coefficient (Wildman–Crippen LogP) is 5.64. The third kappa shape index (κ3) is 1.74. The Balaban J connectivity index is 2.00.